The highest BCUT2D eigenvalue weighted by atomic mass is 16.5. The first kappa shape index (κ1) is 25.5. The van der Waals surface area contributed by atoms with Gasteiger partial charge in [-0.1, -0.05) is 0 Å². The highest BCUT2D eigenvalue weighted by Crippen LogP contribution is 2.21. The van der Waals surface area contributed by atoms with Crippen molar-refractivity contribution in [2.24, 2.45) is 0 Å². The summed E-state index contributed by atoms with van der Waals surface area (Å²) in [5.74, 6) is -0.159. The Morgan fingerprint density at radius 3 is 2.31 bits per heavy atom. The second-order valence-corrected chi connectivity index (χ2v) is 7.90. The topological polar surface area (TPSA) is 112 Å². The Morgan fingerprint density at radius 1 is 1.00 bits per heavy atom. The summed E-state index contributed by atoms with van der Waals surface area (Å²) in [5.41, 5.74) is 4.73. The molecule has 0 bridgehead atoms. The average Bonchev–Trinajstić information content (AvgIpc) is 3.15. The lowest BCUT2D eigenvalue weighted by Gasteiger charge is -2.09. The van der Waals surface area contributed by atoms with E-state index in [1.54, 1.807) is 36.4 Å². The summed E-state index contributed by atoms with van der Waals surface area (Å²) in [6.45, 7) is 6.19. The van der Waals surface area contributed by atoms with Gasteiger partial charge in [0.1, 0.15) is 5.75 Å². The molecule has 3 rings (SSSR count). The summed E-state index contributed by atoms with van der Waals surface area (Å²) >= 11 is 0. The number of amides is 2. The van der Waals surface area contributed by atoms with Crippen LogP contribution < -0.4 is 15.4 Å². The van der Waals surface area contributed by atoms with Crippen LogP contribution in [-0.2, 0) is 20.7 Å². The molecule has 0 fully saturated rings. The summed E-state index contributed by atoms with van der Waals surface area (Å²) < 4.78 is 12.0. The number of rotatable bonds is 10. The highest BCUT2D eigenvalue weighted by molar-refractivity contribution is 6.04. The lowest BCUT2D eigenvalue weighted by atomic mass is 10.1. The zero-order valence-corrected chi connectivity index (χ0v) is 20.4. The molecule has 0 saturated carbocycles. The Kier molecular flexibility index (Phi) is 8.61. The van der Waals surface area contributed by atoms with Crippen molar-refractivity contribution in [3.05, 3.63) is 71.0 Å². The maximum absolute atomic E-state index is 12.7. The molecule has 0 spiro atoms. The molecule has 35 heavy (non-hydrogen) atoms. The van der Waals surface area contributed by atoms with Gasteiger partial charge in [-0.05, 0) is 81.3 Å². The molecular weight excluding hydrogens is 448 g/mol. The van der Waals surface area contributed by atoms with Crippen LogP contribution in [0.15, 0.2) is 48.5 Å². The van der Waals surface area contributed by atoms with Crippen molar-refractivity contribution in [3.63, 3.8) is 0 Å². The van der Waals surface area contributed by atoms with Crippen LogP contribution >= 0.6 is 0 Å². The third-order valence-corrected chi connectivity index (χ3v) is 5.48. The minimum absolute atomic E-state index is 0.0616. The largest absolute Gasteiger partial charge is 0.484 e. The molecular formula is C26H30N4O5. The van der Waals surface area contributed by atoms with Gasteiger partial charge in [0, 0.05) is 29.9 Å². The molecule has 2 amide bonds. The van der Waals surface area contributed by atoms with Gasteiger partial charge < -0.3 is 20.1 Å². The van der Waals surface area contributed by atoms with Gasteiger partial charge in [0.05, 0.1) is 18.5 Å². The molecule has 0 radical (unpaired) electrons. The molecule has 1 heterocycles. The van der Waals surface area contributed by atoms with Crippen LogP contribution in [0.2, 0.25) is 0 Å². The first-order valence-electron chi connectivity index (χ1n) is 11.4. The summed E-state index contributed by atoms with van der Waals surface area (Å²) in [6.07, 6.45) is 0.852. The molecule has 9 heteroatoms. The number of nitrogens with zero attached hydrogens (tertiary/aromatic N) is 2. The van der Waals surface area contributed by atoms with Crippen LogP contribution in [0.4, 0.5) is 5.69 Å². The van der Waals surface area contributed by atoms with Gasteiger partial charge in [0.2, 0.25) is 0 Å². The number of hydrogen-bond donors (Lipinski definition) is 2. The van der Waals surface area contributed by atoms with E-state index in [1.165, 1.54) is 7.11 Å². The number of carbonyl (C=O) groups excluding carboxylic acids is 3. The zero-order valence-electron chi connectivity index (χ0n) is 20.4. The van der Waals surface area contributed by atoms with Gasteiger partial charge in [-0.15, -0.1) is 0 Å². The monoisotopic (exact) mass is 478 g/mol. The summed E-state index contributed by atoms with van der Waals surface area (Å²) in [5, 5.41) is 10.1. The number of carbonyl (C=O) groups is 3. The first-order chi connectivity index (χ1) is 16.8. The van der Waals surface area contributed by atoms with Crippen molar-refractivity contribution >= 4 is 23.5 Å². The van der Waals surface area contributed by atoms with E-state index in [4.69, 9.17) is 9.47 Å². The summed E-state index contributed by atoms with van der Waals surface area (Å²) in [4.78, 5) is 35.7. The second-order valence-electron chi connectivity index (χ2n) is 7.90. The molecule has 2 aromatic carbocycles. The summed E-state index contributed by atoms with van der Waals surface area (Å²) in [7, 11) is 1.38. The van der Waals surface area contributed by atoms with Crippen molar-refractivity contribution in [1.82, 2.24) is 15.1 Å². The van der Waals surface area contributed by atoms with Gasteiger partial charge in [-0.3, -0.25) is 14.4 Å². The predicted molar refractivity (Wildman–Crippen MR) is 132 cm³/mol. The number of aromatic nitrogens is 2. The van der Waals surface area contributed by atoms with E-state index in [9.17, 15) is 14.4 Å². The van der Waals surface area contributed by atoms with E-state index in [2.05, 4.69) is 15.7 Å². The first-order valence-corrected chi connectivity index (χ1v) is 11.4. The van der Waals surface area contributed by atoms with E-state index >= 15 is 0 Å². The molecule has 0 aliphatic carbocycles. The SMILES string of the molecule is CCNC(=O)COc1ccc(NC(=O)c2ccc(-n3nc(C)c(CCC(=O)OC)c3C)cc2)cc1. The molecule has 3 aromatic rings. The molecule has 0 atom stereocenters. The normalized spacial score (nSPS) is 10.5. The van der Waals surface area contributed by atoms with Crippen molar-refractivity contribution in [2.75, 3.05) is 25.6 Å². The number of hydrogen-bond acceptors (Lipinski definition) is 6. The smallest absolute Gasteiger partial charge is 0.305 e. The number of aryl methyl sites for hydroxylation is 1. The average molecular weight is 479 g/mol. The lowest BCUT2D eigenvalue weighted by Crippen LogP contribution is -2.28. The van der Waals surface area contributed by atoms with Crippen molar-refractivity contribution < 1.29 is 23.9 Å². The van der Waals surface area contributed by atoms with E-state index in [0.29, 0.717) is 36.4 Å². The molecule has 0 unspecified atom stereocenters. The molecule has 0 saturated heterocycles. The van der Waals surface area contributed by atoms with E-state index in [1.807, 2.05) is 37.6 Å². The molecule has 0 aliphatic rings. The van der Waals surface area contributed by atoms with Gasteiger partial charge in [-0.2, -0.15) is 5.10 Å². The van der Waals surface area contributed by atoms with Gasteiger partial charge >= 0.3 is 5.97 Å². The minimum atomic E-state index is -0.256. The Labute approximate surface area is 204 Å². The Balaban J connectivity index is 1.62. The van der Waals surface area contributed by atoms with E-state index < -0.39 is 0 Å². The molecule has 9 nitrogen and oxygen atoms in total. The standard InChI is InChI=1S/C26H30N4O5/c1-5-27-24(31)16-35-22-12-8-20(9-13-22)28-26(33)19-6-10-21(11-7-19)30-18(3)23(17(2)29-30)14-15-25(32)34-4/h6-13H,5,14-16H2,1-4H3,(H,27,31)(H,28,33). The zero-order chi connectivity index (χ0) is 25.4. The fourth-order valence-electron chi connectivity index (χ4n) is 3.61. The van der Waals surface area contributed by atoms with Gasteiger partial charge in [0.25, 0.3) is 11.8 Å². The van der Waals surface area contributed by atoms with Crippen molar-refractivity contribution in [2.45, 2.75) is 33.6 Å². The number of ether oxygens (including phenoxy) is 2. The maximum Gasteiger partial charge on any atom is 0.305 e. The summed E-state index contributed by atoms with van der Waals surface area (Å²) in [6, 6.07) is 13.9. The fraction of sp³-hybridized carbons (Fsp3) is 0.308. The fourth-order valence-corrected chi connectivity index (χ4v) is 3.61. The Morgan fingerprint density at radius 2 is 1.69 bits per heavy atom. The number of esters is 1. The number of anilines is 1. The minimum Gasteiger partial charge on any atom is -0.484 e. The third-order valence-electron chi connectivity index (χ3n) is 5.48. The molecule has 2 N–H and O–H groups in total. The number of benzene rings is 2. The maximum atomic E-state index is 12.7. The van der Waals surface area contributed by atoms with Crippen molar-refractivity contribution in [1.29, 1.82) is 0 Å². The number of methoxy groups -OCH3 is 1. The predicted octanol–water partition coefficient (Wildman–Crippen LogP) is 3.36. The van der Waals surface area contributed by atoms with E-state index in [0.717, 1.165) is 22.6 Å². The highest BCUT2D eigenvalue weighted by Gasteiger charge is 2.15. The van der Waals surface area contributed by atoms with Crippen LogP contribution in [0.5, 0.6) is 5.75 Å². The second kappa shape index (κ2) is 11.8. The number of likely N-dealkylation sites (N-methyl/N-ethyl adjacent to an activating group) is 1. The Hall–Kier alpha value is -4.14. The molecule has 1 aromatic heterocycles. The van der Waals surface area contributed by atoms with Crippen LogP contribution in [0.25, 0.3) is 5.69 Å². The molecule has 184 valence electrons. The van der Waals surface area contributed by atoms with Gasteiger partial charge in [0.15, 0.2) is 6.61 Å². The van der Waals surface area contributed by atoms with Crippen LogP contribution in [0.1, 0.15) is 40.7 Å². The number of nitrogens with one attached hydrogen (secondary N) is 2. The quantitative estimate of drug-likeness (QED) is 0.432. The van der Waals surface area contributed by atoms with Gasteiger partial charge in [-0.25, -0.2) is 4.68 Å². The Bertz CT molecular complexity index is 1180. The van der Waals surface area contributed by atoms with Crippen molar-refractivity contribution in [3.8, 4) is 11.4 Å². The lowest BCUT2D eigenvalue weighted by molar-refractivity contribution is -0.140. The third kappa shape index (κ3) is 6.69. The van der Waals surface area contributed by atoms with Crippen LogP contribution in [-0.4, -0.2) is 47.8 Å². The van der Waals surface area contributed by atoms with Crippen LogP contribution in [0.3, 0.4) is 0 Å². The molecule has 0 aliphatic heterocycles. The van der Waals surface area contributed by atoms with Crippen LogP contribution in [0, 0.1) is 13.8 Å². The van der Waals surface area contributed by atoms with E-state index in [-0.39, 0.29) is 24.4 Å².